The van der Waals surface area contributed by atoms with Gasteiger partial charge in [-0.2, -0.15) is 5.10 Å². The van der Waals surface area contributed by atoms with E-state index < -0.39 is 0 Å². The maximum Gasteiger partial charge on any atom is 0.171 e. The molecular weight excluding hydrogens is 340 g/mol. The molecule has 6 nitrogen and oxygen atoms in total. The number of rotatable bonds is 3. The van der Waals surface area contributed by atoms with Gasteiger partial charge in [0.25, 0.3) is 0 Å². The first kappa shape index (κ1) is 16.6. The molecule has 6 heteroatoms. The molecule has 138 valence electrons. The Bertz CT molecular complexity index is 931. The van der Waals surface area contributed by atoms with Gasteiger partial charge in [0.2, 0.25) is 0 Å². The van der Waals surface area contributed by atoms with E-state index in [-0.39, 0.29) is 5.79 Å². The molecule has 0 unspecified atom stereocenters. The number of anilines is 1. The molecule has 3 aromatic rings. The van der Waals surface area contributed by atoms with Crippen molar-refractivity contribution < 1.29 is 9.47 Å². The first-order valence-corrected chi connectivity index (χ1v) is 9.49. The highest BCUT2D eigenvalue weighted by molar-refractivity contribution is 5.93. The Morgan fingerprint density at radius 1 is 0.926 bits per heavy atom. The summed E-state index contributed by atoms with van der Waals surface area (Å²) in [5, 5.41) is 11.5. The van der Waals surface area contributed by atoms with Crippen molar-refractivity contribution in [3.05, 3.63) is 60.0 Å². The smallest absolute Gasteiger partial charge is 0.171 e. The summed E-state index contributed by atoms with van der Waals surface area (Å²) in [6.07, 6.45) is 6.13. The predicted octanol–water partition coefficient (Wildman–Crippen LogP) is 2.96. The van der Waals surface area contributed by atoms with Crippen LogP contribution in [0.25, 0.3) is 10.8 Å². The number of pyridine rings is 1. The van der Waals surface area contributed by atoms with E-state index in [1.165, 1.54) is 0 Å². The van der Waals surface area contributed by atoms with Crippen LogP contribution in [0.3, 0.4) is 0 Å². The Balaban J connectivity index is 1.45. The molecule has 1 aromatic carbocycles. The Labute approximate surface area is 158 Å². The summed E-state index contributed by atoms with van der Waals surface area (Å²) in [6.45, 7) is 3.12. The lowest BCUT2D eigenvalue weighted by Gasteiger charge is -2.38. The molecule has 2 aliphatic heterocycles. The molecule has 0 atom stereocenters. The molecule has 2 fully saturated rings. The molecule has 2 aromatic heterocycles. The van der Waals surface area contributed by atoms with Crippen molar-refractivity contribution in [3.8, 4) is 0 Å². The van der Waals surface area contributed by atoms with Crippen molar-refractivity contribution in [2.45, 2.75) is 25.0 Å². The number of hydrogen-bond acceptors (Lipinski definition) is 6. The molecule has 27 heavy (non-hydrogen) atoms. The van der Waals surface area contributed by atoms with Gasteiger partial charge < -0.3 is 14.4 Å². The molecular formula is C21H22N4O2. The Hall–Kier alpha value is -2.57. The van der Waals surface area contributed by atoms with E-state index in [4.69, 9.17) is 9.47 Å². The van der Waals surface area contributed by atoms with Crippen LogP contribution in [-0.2, 0) is 15.9 Å². The molecule has 0 bridgehead atoms. The van der Waals surface area contributed by atoms with E-state index in [1.807, 2.05) is 12.3 Å². The van der Waals surface area contributed by atoms with Crippen LogP contribution in [-0.4, -0.2) is 47.3 Å². The van der Waals surface area contributed by atoms with Crippen molar-refractivity contribution in [1.82, 2.24) is 15.2 Å². The zero-order chi connectivity index (χ0) is 18.1. The third-order valence-corrected chi connectivity index (χ3v) is 5.48. The van der Waals surface area contributed by atoms with Crippen LogP contribution in [0.4, 0.5) is 5.82 Å². The molecule has 0 aliphatic carbocycles. The zero-order valence-corrected chi connectivity index (χ0v) is 15.2. The first-order chi connectivity index (χ1) is 13.3. The highest BCUT2D eigenvalue weighted by atomic mass is 16.7. The molecule has 0 saturated carbocycles. The van der Waals surface area contributed by atoms with Crippen LogP contribution in [0, 0.1) is 0 Å². The SMILES string of the molecule is c1cncc(Cc2nnc(N3CCC4(CC3)OCCO4)c3ccccc23)c1. The second-order valence-electron chi connectivity index (χ2n) is 7.15. The molecule has 5 rings (SSSR count). The molecule has 2 aliphatic rings. The summed E-state index contributed by atoms with van der Waals surface area (Å²) in [7, 11) is 0. The number of aromatic nitrogens is 3. The number of piperidine rings is 1. The molecule has 0 N–H and O–H groups in total. The molecule has 1 spiro atoms. The maximum atomic E-state index is 5.85. The summed E-state index contributed by atoms with van der Waals surface area (Å²) in [6, 6.07) is 12.4. The van der Waals surface area contributed by atoms with Gasteiger partial charge >= 0.3 is 0 Å². The monoisotopic (exact) mass is 362 g/mol. The Morgan fingerprint density at radius 3 is 2.44 bits per heavy atom. The second-order valence-corrected chi connectivity index (χ2v) is 7.15. The van der Waals surface area contributed by atoms with E-state index in [2.05, 4.69) is 50.4 Å². The number of fused-ring (bicyclic) bond motifs is 1. The van der Waals surface area contributed by atoms with Crippen molar-refractivity contribution in [3.63, 3.8) is 0 Å². The summed E-state index contributed by atoms with van der Waals surface area (Å²) in [5.41, 5.74) is 2.12. The fourth-order valence-corrected chi connectivity index (χ4v) is 4.05. The fourth-order valence-electron chi connectivity index (χ4n) is 4.05. The number of nitrogens with zero attached hydrogens (tertiary/aromatic N) is 4. The van der Waals surface area contributed by atoms with Gasteiger partial charge in [-0.3, -0.25) is 4.98 Å². The number of benzene rings is 1. The van der Waals surface area contributed by atoms with Crippen LogP contribution in [0.15, 0.2) is 48.8 Å². The summed E-state index contributed by atoms with van der Waals surface area (Å²) < 4.78 is 11.7. The van der Waals surface area contributed by atoms with Gasteiger partial charge in [0.15, 0.2) is 11.6 Å². The summed E-state index contributed by atoms with van der Waals surface area (Å²) in [5.74, 6) is 0.577. The largest absolute Gasteiger partial charge is 0.354 e. The average molecular weight is 362 g/mol. The standard InChI is InChI=1S/C21H22N4O2/c1-2-6-18-17(5-1)19(14-16-4-3-9-22-15-16)23-24-20(18)25-10-7-21(8-11-25)26-12-13-27-21/h1-6,9,15H,7-8,10-14H2. The predicted molar refractivity (Wildman–Crippen MR) is 103 cm³/mol. The van der Waals surface area contributed by atoms with E-state index in [0.29, 0.717) is 13.2 Å². The van der Waals surface area contributed by atoms with Crippen molar-refractivity contribution in [2.75, 3.05) is 31.2 Å². The van der Waals surface area contributed by atoms with Gasteiger partial charge in [-0.1, -0.05) is 30.3 Å². The minimum atomic E-state index is -0.375. The molecule has 0 amide bonds. The lowest BCUT2D eigenvalue weighted by atomic mass is 10.0. The lowest BCUT2D eigenvalue weighted by Crippen LogP contribution is -2.45. The van der Waals surface area contributed by atoms with Gasteiger partial charge in [0.05, 0.1) is 18.9 Å². The van der Waals surface area contributed by atoms with Gasteiger partial charge in [-0.15, -0.1) is 5.10 Å². The lowest BCUT2D eigenvalue weighted by molar-refractivity contribution is -0.169. The molecule has 4 heterocycles. The van der Waals surface area contributed by atoms with Crippen LogP contribution >= 0.6 is 0 Å². The maximum absolute atomic E-state index is 5.85. The van der Waals surface area contributed by atoms with E-state index in [1.54, 1.807) is 6.20 Å². The Morgan fingerprint density at radius 2 is 1.70 bits per heavy atom. The third kappa shape index (κ3) is 3.15. The van der Waals surface area contributed by atoms with Gasteiger partial charge in [0, 0.05) is 55.5 Å². The summed E-state index contributed by atoms with van der Waals surface area (Å²) in [4.78, 5) is 6.51. The first-order valence-electron chi connectivity index (χ1n) is 9.49. The van der Waals surface area contributed by atoms with Crippen molar-refractivity contribution in [1.29, 1.82) is 0 Å². The van der Waals surface area contributed by atoms with E-state index >= 15 is 0 Å². The highest BCUT2D eigenvalue weighted by Crippen LogP contribution is 2.35. The Kier molecular flexibility index (Phi) is 4.22. The van der Waals surface area contributed by atoms with Crippen LogP contribution in [0.5, 0.6) is 0 Å². The zero-order valence-electron chi connectivity index (χ0n) is 15.2. The minimum Gasteiger partial charge on any atom is -0.354 e. The van der Waals surface area contributed by atoms with Gasteiger partial charge in [-0.25, -0.2) is 0 Å². The minimum absolute atomic E-state index is 0.375. The summed E-state index contributed by atoms with van der Waals surface area (Å²) >= 11 is 0. The second kappa shape index (κ2) is 6.87. The van der Waals surface area contributed by atoms with Gasteiger partial charge in [0.1, 0.15) is 0 Å². The molecule has 2 saturated heterocycles. The van der Waals surface area contributed by atoms with Crippen LogP contribution < -0.4 is 4.90 Å². The topological polar surface area (TPSA) is 60.4 Å². The third-order valence-electron chi connectivity index (χ3n) is 5.48. The van der Waals surface area contributed by atoms with Crippen molar-refractivity contribution >= 4 is 16.6 Å². The van der Waals surface area contributed by atoms with Crippen LogP contribution in [0.1, 0.15) is 24.1 Å². The van der Waals surface area contributed by atoms with Crippen LogP contribution in [0.2, 0.25) is 0 Å². The number of ether oxygens (including phenoxy) is 2. The van der Waals surface area contributed by atoms with E-state index in [0.717, 1.165) is 60.2 Å². The average Bonchev–Trinajstić information content (AvgIpc) is 3.18. The number of hydrogen-bond donors (Lipinski definition) is 0. The van der Waals surface area contributed by atoms with E-state index in [9.17, 15) is 0 Å². The quantitative estimate of drug-likeness (QED) is 0.714. The highest BCUT2D eigenvalue weighted by Gasteiger charge is 2.40. The van der Waals surface area contributed by atoms with Crippen molar-refractivity contribution in [2.24, 2.45) is 0 Å². The molecule has 0 radical (unpaired) electrons. The normalized spacial score (nSPS) is 19.0. The fraction of sp³-hybridized carbons (Fsp3) is 0.381. The van der Waals surface area contributed by atoms with Gasteiger partial charge in [-0.05, 0) is 11.6 Å².